The molecule has 3 aromatic rings. The number of carbonyl (C=O) groups is 1. The van der Waals surface area contributed by atoms with Crippen LogP contribution in [0.2, 0.25) is 0 Å². The first kappa shape index (κ1) is 12.8. The predicted octanol–water partition coefficient (Wildman–Crippen LogP) is 1.75. The van der Waals surface area contributed by atoms with Crippen molar-refractivity contribution < 1.29 is 9.72 Å². The average molecular weight is 286 g/mol. The lowest BCUT2D eigenvalue weighted by Gasteiger charge is -1.99. The lowest BCUT2D eigenvalue weighted by molar-refractivity contribution is -0.385. The van der Waals surface area contributed by atoms with Crippen molar-refractivity contribution in [1.82, 2.24) is 20.4 Å². The summed E-state index contributed by atoms with van der Waals surface area (Å²) in [7, 11) is 0. The molecule has 0 fully saturated rings. The fourth-order valence-corrected chi connectivity index (χ4v) is 2.03. The Balaban J connectivity index is 1.95. The Morgan fingerprint density at radius 2 is 2.05 bits per heavy atom. The summed E-state index contributed by atoms with van der Waals surface area (Å²) in [5.74, 6) is -0.395. The molecule has 0 atom stereocenters. The summed E-state index contributed by atoms with van der Waals surface area (Å²) >= 11 is 0. The second-order valence-corrected chi connectivity index (χ2v) is 4.37. The van der Waals surface area contributed by atoms with Crippen LogP contribution in [0, 0.1) is 17.0 Å². The van der Waals surface area contributed by atoms with Crippen molar-refractivity contribution in [3.05, 3.63) is 45.8 Å². The van der Waals surface area contributed by atoms with Gasteiger partial charge < -0.3 is 5.32 Å². The normalized spacial score (nSPS) is 10.7. The average Bonchev–Trinajstić information content (AvgIpc) is 3.03. The number of hydrogen-bond acceptors (Lipinski definition) is 5. The molecule has 9 heteroatoms. The van der Waals surface area contributed by atoms with Gasteiger partial charge in [-0.25, -0.2) is 0 Å². The first-order chi connectivity index (χ1) is 10.1. The van der Waals surface area contributed by atoms with E-state index in [2.05, 4.69) is 25.7 Å². The Kier molecular flexibility index (Phi) is 2.87. The minimum atomic E-state index is -0.691. The van der Waals surface area contributed by atoms with Gasteiger partial charge in [0.15, 0.2) is 5.82 Å². The van der Waals surface area contributed by atoms with E-state index in [0.29, 0.717) is 11.2 Å². The van der Waals surface area contributed by atoms with Gasteiger partial charge in [-0.3, -0.25) is 25.1 Å². The number of benzene rings is 1. The van der Waals surface area contributed by atoms with Gasteiger partial charge in [-0.1, -0.05) is 12.1 Å². The molecule has 0 aliphatic heterocycles. The maximum atomic E-state index is 12.1. The number of aryl methyl sites for hydroxylation is 1. The standard InChI is InChI=1S/C12H10N6O3/c1-6-10(18(20)21)9(16-14-6)12(19)13-11-7-4-2-3-5-8(7)15-17-11/h2-5H,1H3,(H,14,16)(H2,13,15,17,19). The van der Waals surface area contributed by atoms with Crippen molar-refractivity contribution in [2.75, 3.05) is 5.32 Å². The maximum absolute atomic E-state index is 12.1. The zero-order chi connectivity index (χ0) is 15.0. The molecular formula is C12H10N6O3. The van der Waals surface area contributed by atoms with Gasteiger partial charge in [-0.15, -0.1) is 0 Å². The van der Waals surface area contributed by atoms with E-state index >= 15 is 0 Å². The molecule has 0 saturated heterocycles. The molecule has 0 saturated carbocycles. The van der Waals surface area contributed by atoms with Crippen LogP contribution in [0.3, 0.4) is 0 Å². The summed E-state index contributed by atoms with van der Waals surface area (Å²) in [4.78, 5) is 22.5. The van der Waals surface area contributed by atoms with Crippen molar-refractivity contribution in [3.8, 4) is 0 Å². The molecule has 0 bridgehead atoms. The minimum Gasteiger partial charge on any atom is -0.303 e. The molecule has 9 nitrogen and oxygen atoms in total. The van der Waals surface area contributed by atoms with Crippen LogP contribution in [0.15, 0.2) is 24.3 Å². The highest BCUT2D eigenvalue weighted by Gasteiger charge is 2.27. The fraction of sp³-hybridized carbons (Fsp3) is 0.0833. The maximum Gasteiger partial charge on any atom is 0.322 e. The number of anilines is 1. The Hall–Kier alpha value is -3.23. The molecular weight excluding hydrogens is 276 g/mol. The number of H-pyrrole nitrogens is 2. The van der Waals surface area contributed by atoms with Gasteiger partial charge in [-0.2, -0.15) is 10.2 Å². The van der Waals surface area contributed by atoms with Crippen molar-refractivity contribution in [2.45, 2.75) is 6.92 Å². The molecule has 0 spiro atoms. The number of nitro groups is 1. The van der Waals surface area contributed by atoms with Crippen LogP contribution in [0.1, 0.15) is 16.2 Å². The molecule has 2 heterocycles. The Bertz CT molecular complexity index is 850. The number of amides is 1. The quantitative estimate of drug-likeness (QED) is 0.499. The van der Waals surface area contributed by atoms with E-state index < -0.39 is 10.8 Å². The number of aromatic amines is 2. The number of carbonyl (C=O) groups excluding carboxylic acids is 1. The summed E-state index contributed by atoms with van der Waals surface area (Å²) in [6, 6.07) is 7.21. The SMILES string of the molecule is Cc1[nH]nc(C(=O)Nc2n[nH]c3ccccc23)c1[N+](=O)[O-]. The third-order valence-electron chi connectivity index (χ3n) is 3.01. The molecule has 2 aromatic heterocycles. The summed E-state index contributed by atoms with van der Waals surface area (Å²) in [5, 5.41) is 27.1. The first-order valence-electron chi connectivity index (χ1n) is 6.01. The van der Waals surface area contributed by atoms with Crippen LogP contribution >= 0.6 is 0 Å². The van der Waals surface area contributed by atoms with Crippen molar-refractivity contribution in [1.29, 1.82) is 0 Å². The lowest BCUT2D eigenvalue weighted by atomic mass is 10.2. The molecule has 0 aliphatic carbocycles. The molecule has 3 rings (SSSR count). The summed E-state index contributed by atoms with van der Waals surface area (Å²) in [5.41, 5.74) is 0.356. The van der Waals surface area contributed by atoms with E-state index in [1.54, 1.807) is 18.2 Å². The monoisotopic (exact) mass is 286 g/mol. The molecule has 0 aliphatic rings. The van der Waals surface area contributed by atoms with Gasteiger partial charge >= 0.3 is 5.69 Å². The van der Waals surface area contributed by atoms with Crippen LogP contribution in [0.4, 0.5) is 11.5 Å². The zero-order valence-corrected chi connectivity index (χ0v) is 10.9. The van der Waals surface area contributed by atoms with Crippen LogP contribution in [-0.4, -0.2) is 31.2 Å². The van der Waals surface area contributed by atoms with Crippen LogP contribution in [0.25, 0.3) is 10.9 Å². The highest BCUT2D eigenvalue weighted by atomic mass is 16.6. The molecule has 3 N–H and O–H groups in total. The second kappa shape index (κ2) is 4.71. The number of rotatable bonds is 3. The van der Waals surface area contributed by atoms with Crippen molar-refractivity contribution in [2.24, 2.45) is 0 Å². The van der Waals surface area contributed by atoms with E-state index in [1.165, 1.54) is 6.92 Å². The molecule has 1 aromatic carbocycles. The molecule has 1 amide bonds. The molecule has 0 unspecified atom stereocenters. The summed E-state index contributed by atoms with van der Waals surface area (Å²) < 4.78 is 0. The highest BCUT2D eigenvalue weighted by Crippen LogP contribution is 2.23. The highest BCUT2D eigenvalue weighted by molar-refractivity contribution is 6.08. The summed E-state index contributed by atoms with van der Waals surface area (Å²) in [6.45, 7) is 1.48. The second-order valence-electron chi connectivity index (χ2n) is 4.37. The predicted molar refractivity (Wildman–Crippen MR) is 74.0 cm³/mol. The number of para-hydroxylation sites is 1. The van der Waals surface area contributed by atoms with E-state index in [-0.39, 0.29) is 17.1 Å². The van der Waals surface area contributed by atoms with E-state index in [9.17, 15) is 14.9 Å². The largest absolute Gasteiger partial charge is 0.322 e. The number of nitrogens with zero attached hydrogens (tertiary/aromatic N) is 3. The van der Waals surface area contributed by atoms with E-state index in [0.717, 1.165) is 5.52 Å². The minimum absolute atomic E-state index is 0.219. The van der Waals surface area contributed by atoms with Gasteiger partial charge in [0, 0.05) is 5.39 Å². The lowest BCUT2D eigenvalue weighted by Crippen LogP contribution is -2.14. The van der Waals surface area contributed by atoms with Gasteiger partial charge in [0.1, 0.15) is 5.69 Å². The van der Waals surface area contributed by atoms with Gasteiger partial charge in [-0.05, 0) is 19.1 Å². The fourth-order valence-electron chi connectivity index (χ4n) is 2.03. The third-order valence-corrected chi connectivity index (χ3v) is 3.01. The van der Waals surface area contributed by atoms with Crippen LogP contribution < -0.4 is 5.32 Å². The van der Waals surface area contributed by atoms with Crippen LogP contribution in [-0.2, 0) is 0 Å². The number of fused-ring (bicyclic) bond motifs is 1. The third kappa shape index (κ3) is 2.10. The summed E-state index contributed by atoms with van der Waals surface area (Å²) in [6.07, 6.45) is 0. The van der Waals surface area contributed by atoms with Gasteiger partial charge in [0.25, 0.3) is 5.91 Å². The van der Waals surface area contributed by atoms with Crippen LogP contribution in [0.5, 0.6) is 0 Å². The molecule has 21 heavy (non-hydrogen) atoms. The van der Waals surface area contributed by atoms with E-state index in [1.807, 2.05) is 6.07 Å². The number of aromatic nitrogens is 4. The molecule has 0 radical (unpaired) electrons. The van der Waals surface area contributed by atoms with Crippen molar-refractivity contribution in [3.63, 3.8) is 0 Å². The van der Waals surface area contributed by atoms with E-state index in [4.69, 9.17) is 0 Å². The number of hydrogen-bond donors (Lipinski definition) is 3. The van der Waals surface area contributed by atoms with Gasteiger partial charge in [0.2, 0.25) is 5.69 Å². The van der Waals surface area contributed by atoms with Crippen molar-refractivity contribution >= 4 is 28.3 Å². The Morgan fingerprint density at radius 3 is 2.81 bits per heavy atom. The smallest absolute Gasteiger partial charge is 0.303 e. The molecule has 106 valence electrons. The topological polar surface area (TPSA) is 130 Å². The first-order valence-corrected chi connectivity index (χ1v) is 6.01. The zero-order valence-electron chi connectivity index (χ0n) is 10.9. The number of nitrogens with one attached hydrogen (secondary N) is 3. The van der Waals surface area contributed by atoms with Gasteiger partial charge in [0.05, 0.1) is 10.4 Å². The Labute approximate surface area is 117 Å². The Morgan fingerprint density at radius 1 is 1.29 bits per heavy atom.